The summed E-state index contributed by atoms with van der Waals surface area (Å²) in [4.78, 5) is 8.58. The molecule has 0 radical (unpaired) electrons. The molecule has 0 aliphatic rings. The quantitative estimate of drug-likeness (QED) is 0.564. The van der Waals surface area contributed by atoms with Gasteiger partial charge in [0.05, 0.1) is 6.04 Å². The van der Waals surface area contributed by atoms with Crippen LogP contribution in [0.5, 0.6) is 5.75 Å². The smallest absolute Gasteiger partial charge is 0.147 e. The summed E-state index contributed by atoms with van der Waals surface area (Å²) in [6.45, 7) is 0. The van der Waals surface area contributed by atoms with Crippen LogP contribution in [0.25, 0.3) is 10.9 Å². The van der Waals surface area contributed by atoms with Crippen molar-refractivity contribution in [1.29, 1.82) is 0 Å². The van der Waals surface area contributed by atoms with Crippen molar-refractivity contribution in [2.45, 2.75) is 6.04 Å². The van der Waals surface area contributed by atoms with Crippen LogP contribution >= 0.6 is 0 Å². The Hall–Kier alpha value is -3.47. The van der Waals surface area contributed by atoms with Crippen LogP contribution in [-0.4, -0.2) is 15.1 Å². The number of hydrogen-bond acceptors (Lipinski definition) is 4. The number of benzene rings is 2. The molecule has 4 rings (SSSR count). The van der Waals surface area contributed by atoms with E-state index in [0.717, 1.165) is 10.9 Å². The summed E-state index contributed by atoms with van der Waals surface area (Å²) in [7, 11) is 0. The lowest BCUT2D eigenvalue weighted by atomic mass is 9.96. The Bertz CT molecular complexity index is 1040. The van der Waals surface area contributed by atoms with Crippen LogP contribution in [0.1, 0.15) is 17.2 Å². The van der Waals surface area contributed by atoms with E-state index in [1.54, 1.807) is 24.5 Å². The van der Waals surface area contributed by atoms with E-state index in [1.807, 2.05) is 42.5 Å². The lowest BCUT2D eigenvalue weighted by molar-refractivity contribution is 0.471. The molecular formula is C21H16FN3O. The molecule has 0 unspecified atom stereocenters. The number of halogens is 1. The predicted octanol–water partition coefficient (Wildman–Crippen LogP) is 4.68. The number of aromatic nitrogens is 2. The zero-order valence-electron chi connectivity index (χ0n) is 13.8. The summed E-state index contributed by atoms with van der Waals surface area (Å²) in [5, 5.41) is 15.0. The van der Waals surface area contributed by atoms with Crippen molar-refractivity contribution >= 4 is 16.7 Å². The molecule has 4 aromatic rings. The van der Waals surface area contributed by atoms with Gasteiger partial charge in [0.15, 0.2) is 0 Å². The summed E-state index contributed by atoms with van der Waals surface area (Å²) < 4.78 is 13.4. The number of aromatic hydroxyl groups is 1. The lowest BCUT2D eigenvalue weighted by Gasteiger charge is -2.22. The van der Waals surface area contributed by atoms with Crippen LogP contribution in [0.2, 0.25) is 0 Å². The highest BCUT2D eigenvalue weighted by Gasteiger charge is 2.20. The van der Waals surface area contributed by atoms with E-state index in [0.29, 0.717) is 16.9 Å². The normalized spacial score (nSPS) is 12.0. The number of phenolic OH excluding ortho intramolecular Hbond substituents is 1. The third-order valence-corrected chi connectivity index (χ3v) is 4.25. The zero-order valence-corrected chi connectivity index (χ0v) is 13.8. The standard InChI is InChI=1S/C21H16FN3O/c22-16-9-6-15(7-10-16)19(25-18-5-1-2-12-23-18)17-11-8-14-4-3-13-24-20(14)21(17)26/h1-13,19,26H,(H,23,25)/t19-/m1/s1. The molecule has 0 aliphatic carbocycles. The van der Waals surface area contributed by atoms with Gasteiger partial charge in [0.2, 0.25) is 0 Å². The van der Waals surface area contributed by atoms with Crippen molar-refractivity contribution < 1.29 is 9.50 Å². The fraction of sp³-hybridized carbons (Fsp3) is 0.0476. The minimum absolute atomic E-state index is 0.0980. The molecule has 2 aromatic heterocycles. The van der Waals surface area contributed by atoms with Gasteiger partial charge >= 0.3 is 0 Å². The Balaban J connectivity index is 1.84. The van der Waals surface area contributed by atoms with E-state index in [-0.39, 0.29) is 11.6 Å². The number of hydrogen-bond donors (Lipinski definition) is 2. The van der Waals surface area contributed by atoms with Gasteiger partial charge < -0.3 is 10.4 Å². The van der Waals surface area contributed by atoms with Crippen molar-refractivity contribution in [3.8, 4) is 5.75 Å². The highest BCUT2D eigenvalue weighted by Crippen LogP contribution is 2.36. The third-order valence-electron chi connectivity index (χ3n) is 4.25. The van der Waals surface area contributed by atoms with Crippen molar-refractivity contribution in [3.05, 3.63) is 96.1 Å². The Morgan fingerprint density at radius 1 is 0.846 bits per heavy atom. The molecule has 1 atom stereocenters. The number of nitrogens with zero attached hydrogens (tertiary/aromatic N) is 2. The van der Waals surface area contributed by atoms with Crippen LogP contribution in [0.4, 0.5) is 10.2 Å². The van der Waals surface area contributed by atoms with Gasteiger partial charge in [-0.1, -0.05) is 36.4 Å². The first kappa shape index (κ1) is 16.0. The highest BCUT2D eigenvalue weighted by atomic mass is 19.1. The predicted molar refractivity (Wildman–Crippen MR) is 99.5 cm³/mol. The van der Waals surface area contributed by atoms with E-state index in [2.05, 4.69) is 15.3 Å². The number of nitrogens with one attached hydrogen (secondary N) is 1. The van der Waals surface area contributed by atoms with Crippen molar-refractivity contribution in [3.63, 3.8) is 0 Å². The maximum atomic E-state index is 13.4. The van der Waals surface area contributed by atoms with Gasteiger partial charge in [0.1, 0.15) is 22.9 Å². The second kappa shape index (κ2) is 6.80. The number of phenols is 1. The van der Waals surface area contributed by atoms with Crippen molar-refractivity contribution in [2.75, 3.05) is 5.32 Å². The summed E-state index contributed by atoms with van der Waals surface area (Å²) in [6.07, 6.45) is 3.33. The second-order valence-electron chi connectivity index (χ2n) is 5.92. The molecule has 2 N–H and O–H groups in total. The van der Waals surface area contributed by atoms with Gasteiger partial charge in [-0.3, -0.25) is 4.98 Å². The van der Waals surface area contributed by atoms with Crippen molar-refractivity contribution in [2.24, 2.45) is 0 Å². The van der Waals surface area contributed by atoms with E-state index in [1.165, 1.54) is 12.1 Å². The third kappa shape index (κ3) is 3.07. The molecule has 0 saturated carbocycles. The first-order chi connectivity index (χ1) is 12.7. The molecule has 4 nitrogen and oxygen atoms in total. The number of pyridine rings is 2. The average molecular weight is 345 g/mol. The first-order valence-corrected chi connectivity index (χ1v) is 8.22. The molecule has 128 valence electrons. The van der Waals surface area contributed by atoms with Gasteiger partial charge in [0, 0.05) is 23.3 Å². The van der Waals surface area contributed by atoms with E-state index >= 15 is 0 Å². The molecule has 26 heavy (non-hydrogen) atoms. The largest absolute Gasteiger partial charge is 0.505 e. The molecule has 0 bridgehead atoms. The fourth-order valence-corrected chi connectivity index (χ4v) is 2.97. The number of anilines is 1. The van der Waals surface area contributed by atoms with Crippen LogP contribution < -0.4 is 5.32 Å². The first-order valence-electron chi connectivity index (χ1n) is 8.22. The molecule has 0 aliphatic heterocycles. The molecule has 2 aromatic carbocycles. The van der Waals surface area contributed by atoms with E-state index in [4.69, 9.17) is 0 Å². The maximum absolute atomic E-state index is 13.4. The Kier molecular flexibility index (Phi) is 4.19. The second-order valence-corrected chi connectivity index (χ2v) is 5.92. The topological polar surface area (TPSA) is 58.0 Å². The molecule has 0 spiro atoms. The summed E-state index contributed by atoms with van der Waals surface area (Å²) in [6, 6.07) is 18.8. The highest BCUT2D eigenvalue weighted by molar-refractivity contribution is 5.86. The van der Waals surface area contributed by atoms with Gasteiger partial charge in [-0.25, -0.2) is 9.37 Å². The summed E-state index contributed by atoms with van der Waals surface area (Å²) >= 11 is 0. The van der Waals surface area contributed by atoms with Gasteiger partial charge in [-0.05, 0) is 35.9 Å². The lowest BCUT2D eigenvalue weighted by Crippen LogP contribution is -2.13. The number of rotatable bonds is 4. The van der Waals surface area contributed by atoms with Crippen LogP contribution in [0.3, 0.4) is 0 Å². The summed E-state index contributed by atoms with van der Waals surface area (Å²) in [5.41, 5.74) is 1.98. The minimum atomic E-state index is -0.406. The Morgan fingerprint density at radius 3 is 2.42 bits per heavy atom. The fourth-order valence-electron chi connectivity index (χ4n) is 2.97. The molecular weight excluding hydrogens is 329 g/mol. The summed E-state index contributed by atoms with van der Waals surface area (Å²) in [5.74, 6) is 0.443. The van der Waals surface area contributed by atoms with Crippen LogP contribution in [-0.2, 0) is 0 Å². The molecule has 5 heteroatoms. The SMILES string of the molecule is Oc1c([C@H](Nc2ccccn2)c2ccc(F)cc2)ccc2cccnc12. The van der Waals surface area contributed by atoms with Gasteiger partial charge in [0.25, 0.3) is 0 Å². The van der Waals surface area contributed by atoms with E-state index < -0.39 is 6.04 Å². The molecule has 0 amide bonds. The van der Waals surface area contributed by atoms with Gasteiger partial charge in [-0.15, -0.1) is 0 Å². The van der Waals surface area contributed by atoms with E-state index in [9.17, 15) is 9.50 Å². The molecule has 0 saturated heterocycles. The molecule has 2 heterocycles. The van der Waals surface area contributed by atoms with Crippen LogP contribution in [0, 0.1) is 5.82 Å². The Morgan fingerprint density at radius 2 is 1.65 bits per heavy atom. The number of fused-ring (bicyclic) bond motifs is 1. The van der Waals surface area contributed by atoms with Crippen LogP contribution in [0.15, 0.2) is 79.1 Å². The minimum Gasteiger partial charge on any atom is -0.505 e. The molecule has 0 fully saturated rings. The zero-order chi connectivity index (χ0) is 17.9. The average Bonchev–Trinajstić information content (AvgIpc) is 2.69. The Labute approximate surface area is 150 Å². The monoisotopic (exact) mass is 345 g/mol. The van der Waals surface area contributed by atoms with Crippen molar-refractivity contribution in [1.82, 2.24) is 9.97 Å². The van der Waals surface area contributed by atoms with Gasteiger partial charge in [-0.2, -0.15) is 0 Å². The maximum Gasteiger partial charge on any atom is 0.147 e.